The second kappa shape index (κ2) is 9.49. The number of halogens is 3. The lowest BCUT2D eigenvalue weighted by Gasteiger charge is -2.13. The summed E-state index contributed by atoms with van der Waals surface area (Å²) < 4.78 is 45.5. The third-order valence-electron chi connectivity index (χ3n) is 5.83. The Morgan fingerprint density at radius 2 is 1.84 bits per heavy atom. The first-order valence-corrected chi connectivity index (χ1v) is 11.3. The molecule has 188 valence electrons. The van der Waals surface area contributed by atoms with Gasteiger partial charge in [-0.15, -0.1) is 0 Å². The smallest absolute Gasteiger partial charge is 0.420 e. The summed E-state index contributed by atoms with van der Waals surface area (Å²) in [5.41, 5.74) is 2.45. The van der Waals surface area contributed by atoms with Crippen molar-refractivity contribution in [1.82, 2.24) is 24.5 Å². The van der Waals surface area contributed by atoms with E-state index in [0.717, 1.165) is 28.9 Å². The molecule has 0 saturated heterocycles. The molecule has 37 heavy (non-hydrogen) atoms. The maximum absolute atomic E-state index is 12.8. The zero-order chi connectivity index (χ0) is 26.2. The maximum Gasteiger partial charge on any atom is 0.433 e. The number of aryl methyl sites for hydroxylation is 1. The molecule has 0 spiro atoms. The van der Waals surface area contributed by atoms with Crippen molar-refractivity contribution >= 4 is 33.5 Å². The number of hydrogen-bond acceptors (Lipinski definition) is 7. The van der Waals surface area contributed by atoms with E-state index in [4.69, 9.17) is 4.74 Å². The van der Waals surface area contributed by atoms with Crippen LogP contribution in [-0.4, -0.2) is 44.5 Å². The van der Waals surface area contributed by atoms with Crippen LogP contribution in [0.15, 0.2) is 67.3 Å². The fraction of sp³-hybridized carbons (Fsp3) is 0.192. The lowest BCUT2D eigenvalue weighted by molar-refractivity contribution is -0.141. The van der Waals surface area contributed by atoms with E-state index >= 15 is 0 Å². The number of fused-ring (bicyclic) bond motifs is 2. The molecule has 0 bridgehead atoms. The topological polar surface area (TPSA) is 86.0 Å². The summed E-state index contributed by atoms with van der Waals surface area (Å²) in [5, 5.41) is 0.737. The predicted octanol–water partition coefficient (Wildman–Crippen LogP) is 5.52. The summed E-state index contributed by atoms with van der Waals surface area (Å²) in [6, 6.07) is 13.1. The fourth-order valence-corrected chi connectivity index (χ4v) is 3.87. The zero-order valence-electron chi connectivity index (χ0n) is 19.9. The summed E-state index contributed by atoms with van der Waals surface area (Å²) in [6.45, 7) is 0. The molecule has 0 aliphatic carbocycles. The van der Waals surface area contributed by atoms with Gasteiger partial charge in [0, 0.05) is 44.7 Å². The molecule has 0 fully saturated rings. The Morgan fingerprint density at radius 1 is 1.00 bits per heavy atom. The Morgan fingerprint density at radius 3 is 2.57 bits per heavy atom. The summed E-state index contributed by atoms with van der Waals surface area (Å²) in [7, 11) is 3.89. The van der Waals surface area contributed by atoms with Crippen LogP contribution in [0, 0.1) is 0 Å². The van der Waals surface area contributed by atoms with Crippen molar-refractivity contribution in [3.63, 3.8) is 0 Å². The van der Waals surface area contributed by atoms with Crippen LogP contribution in [0.4, 0.5) is 18.9 Å². The number of anilines is 1. The monoisotopic (exact) mass is 506 g/mol. The van der Waals surface area contributed by atoms with E-state index in [2.05, 4.69) is 19.9 Å². The van der Waals surface area contributed by atoms with Gasteiger partial charge in [0.05, 0.1) is 21.9 Å². The van der Waals surface area contributed by atoms with Crippen LogP contribution in [0.25, 0.3) is 21.9 Å². The van der Waals surface area contributed by atoms with E-state index in [0.29, 0.717) is 28.4 Å². The molecule has 0 amide bonds. The van der Waals surface area contributed by atoms with E-state index in [1.54, 1.807) is 24.4 Å². The summed E-state index contributed by atoms with van der Waals surface area (Å²) in [5.74, 6) is 0.455. The molecule has 8 nitrogen and oxygen atoms in total. The van der Waals surface area contributed by atoms with E-state index in [-0.39, 0.29) is 18.7 Å². The quantitative estimate of drug-likeness (QED) is 0.300. The largest absolute Gasteiger partial charge is 0.433 e. The summed E-state index contributed by atoms with van der Waals surface area (Å²) >= 11 is 0. The van der Waals surface area contributed by atoms with Gasteiger partial charge in [-0.1, -0.05) is 6.07 Å². The molecule has 4 heterocycles. The van der Waals surface area contributed by atoms with Gasteiger partial charge in [-0.25, -0.2) is 15.0 Å². The lowest BCUT2D eigenvalue weighted by atomic mass is 10.1. The molecule has 0 aliphatic heterocycles. The molecule has 1 aromatic carbocycles. The van der Waals surface area contributed by atoms with Crippen LogP contribution >= 0.6 is 0 Å². The van der Waals surface area contributed by atoms with E-state index in [1.807, 2.05) is 37.2 Å². The highest BCUT2D eigenvalue weighted by Crippen LogP contribution is 2.30. The molecule has 0 atom stereocenters. The van der Waals surface area contributed by atoms with Gasteiger partial charge >= 0.3 is 6.18 Å². The standard InChI is InChI=1S/C26H21F3N6O2/c1-34(2)17-5-6-18-20(13-17)31-15-32-25(18)37-23-9-7-21-19(33-23)11-12-35(21)24(36)10-4-16-3-8-22(30-14-16)26(27,28)29/h3,5-9,11-15H,4,10H2,1-2H3. The second-order valence-electron chi connectivity index (χ2n) is 8.56. The number of pyridine rings is 2. The molecule has 11 heteroatoms. The van der Waals surface area contributed by atoms with Crippen molar-refractivity contribution < 1.29 is 22.7 Å². The minimum Gasteiger partial charge on any atom is -0.420 e. The Kier molecular flexibility index (Phi) is 6.20. The maximum atomic E-state index is 12.8. The van der Waals surface area contributed by atoms with Crippen molar-refractivity contribution in [3.8, 4) is 11.8 Å². The number of carbonyl (C=O) groups is 1. The van der Waals surface area contributed by atoms with Crippen LogP contribution in [0.5, 0.6) is 11.8 Å². The van der Waals surface area contributed by atoms with Crippen molar-refractivity contribution in [1.29, 1.82) is 0 Å². The van der Waals surface area contributed by atoms with Gasteiger partial charge < -0.3 is 9.64 Å². The van der Waals surface area contributed by atoms with E-state index in [1.165, 1.54) is 17.0 Å². The first-order chi connectivity index (χ1) is 17.7. The third kappa shape index (κ3) is 5.06. The SMILES string of the molecule is CN(C)c1ccc2c(Oc3ccc4c(ccn4C(=O)CCc4ccc(C(F)(F)F)nc4)n3)ncnc2c1. The molecule has 4 aromatic heterocycles. The first kappa shape index (κ1) is 24.2. The minimum atomic E-state index is -4.50. The second-order valence-corrected chi connectivity index (χ2v) is 8.56. The summed E-state index contributed by atoms with van der Waals surface area (Å²) in [6.07, 6.45) is 0.0392. The molecule has 5 rings (SSSR count). The number of alkyl halides is 3. The predicted molar refractivity (Wildman–Crippen MR) is 132 cm³/mol. The Labute approximate surface area is 209 Å². The Bertz CT molecular complexity index is 1600. The average Bonchev–Trinajstić information content (AvgIpc) is 3.30. The third-order valence-corrected chi connectivity index (χ3v) is 5.83. The van der Waals surface area contributed by atoms with Crippen LogP contribution in [0.2, 0.25) is 0 Å². The minimum absolute atomic E-state index is 0.0942. The fourth-order valence-electron chi connectivity index (χ4n) is 3.87. The van der Waals surface area contributed by atoms with Crippen LogP contribution in [0.1, 0.15) is 22.5 Å². The Hall–Kier alpha value is -4.54. The first-order valence-electron chi connectivity index (χ1n) is 11.3. The molecular formula is C26H21F3N6O2. The number of benzene rings is 1. The molecule has 5 aromatic rings. The van der Waals surface area contributed by atoms with Gasteiger partial charge in [-0.3, -0.25) is 14.3 Å². The van der Waals surface area contributed by atoms with Gasteiger partial charge in [0.1, 0.15) is 12.0 Å². The van der Waals surface area contributed by atoms with Crippen molar-refractivity contribution in [2.24, 2.45) is 0 Å². The number of carbonyl (C=O) groups excluding carboxylic acids is 1. The van der Waals surface area contributed by atoms with Gasteiger partial charge in [-0.2, -0.15) is 13.2 Å². The molecule has 0 aliphatic rings. The van der Waals surface area contributed by atoms with Gasteiger partial charge in [-0.05, 0) is 48.4 Å². The Balaban J connectivity index is 1.31. The molecule has 0 N–H and O–H groups in total. The summed E-state index contributed by atoms with van der Waals surface area (Å²) in [4.78, 5) is 31.3. The van der Waals surface area contributed by atoms with Crippen molar-refractivity contribution in [3.05, 3.63) is 78.5 Å². The number of hydrogen-bond donors (Lipinski definition) is 0. The van der Waals surface area contributed by atoms with Crippen LogP contribution in [0.3, 0.4) is 0 Å². The molecular weight excluding hydrogens is 485 g/mol. The number of nitrogens with zero attached hydrogens (tertiary/aromatic N) is 6. The van der Waals surface area contributed by atoms with E-state index < -0.39 is 11.9 Å². The molecule has 0 unspecified atom stereocenters. The lowest BCUT2D eigenvalue weighted by Crippen LogP contribution is -2.11. The van der Waals surface area contributed by atoms with Gasteiger partial charge in [0.25, 0.3) is 0 Å². The molecule has 0 radical (unpaired) electrons. The van der Waals surface area contributed by atoms with E-state index in [9.17, 15) is 18.0 Å². The van der Waals surface area contributed by atoms with Crippen LogP contribution in [-0.2, 0) is 12.6 Å². The number of ether oxygens (including phenoxy) is 1. The highest BCUT2D eigenvalue weighted by molar-refractivity contribution is 5.91. The average molecular weight is 506 g/mol. The number of aromatic nitrogens is 5. The van der Waals surface area contributed by atoms with Crippen molar-refractivity contribution in [2.45, 2.75) is 19.0 Å². The highest BCUT2D eigenvalue weighted by Gasteiger charge is 2.32. The van der Waals surface area contributed by atoms with Gasteiger partial charge in [0.2, 0.25) is 17.7 Å². The molecule has 0 saturated carbocycles. The zero-order valence-corrected chi connectivity index (χ0v) is 19.9. The van der Waals surface area contributed by atoms with Crippen LogP contribution < -0.4 is 9.64 Å². The van der Waals surface area contributed by atoms with Crippen molar-refractivity contribution in [2.75, 3.05) is 19.0 Å². The van der Waals surface area contributed by atoms with Gasteiger partial charge in [0.15, 0.2) is 0 Å². The normalized spacial score (nSPS) is 11.7. The number of rotatable bonds is 6. The highest BCUT2D eigenvalue weighted by atomic mass is 19.4.